The van der Waals surface area contributed by atoms with E-state index in [0.29, 0.717) is 23.3 Å². The number of amides is 1. The summed E-state index contributed by atoms with van der Waals surface area (Å²) in [7, 11) is 0. The molecule has 1 atom stereocenters. The van der Waals surface area contributed by atoms with Crippen molar-refractivity contribution >= 4 is 17.1 Å². The van der Waals surface area contributed by atoms with E-state index < -0.39 is 23.3 Å². The first-order valence-electron chi connectivity index (χ1n) is 10.7. The molecule has 2 aromatic carbocycles. The van der Waals surface area contributed by atoms with Gasteiger partial charge in [-0.15, -0.1) is 0 Å². The number of benzene rings is 2. The molecule has 0 unspecified atom stereocenters. The van der Waals surface area contributed by atoms with E-state index >= 15 is 0 Å². The van der Waals surface area contributed by atoms with E-state index in [1.165, 1.54) is 4.57 Å². The average Bonchev–Trinajstić information content (AvgIpc) is 3.26. The Morgan fingerprint density at radius 3 is 2.42 bits per heavy atom. The second-order valence-electron chi connectivity index (χ2n) is 7.90. The largest absolute Gasteiger partial charge is 0.378 e. The van der Waals surface area contributed by atoms with Gasteiger partial charge in [0, 0.05) is 13.1 Å². The molecule has 0 radical (unpaired) electrons. The quantitative estimate of drug-likeness (QED) is 0.397. The van der Waals surface area contributed by atoms with E-state index in [2.05, 4.69) is 15.3 Å². The molecule has 0 spiro atoms. The van der Waals surface area contributed by atoms with Crippen molar-refractivity contribution in [1.82, 2.24) is 24.4 Å². The summed E-state index contributed by atoms with van der Waals surface area (Å²) in [4.78, 5) is 43.5. The van der Waals surface area contributed by atoms with Crippen LogP contribution in [0.15, 0.2) is 64.4 Å². The molecule has 170 valence electrons. The molecular formula is C24H25N5O4. The molecule has 0 saturated heterocycles. The highest BCUT2D eigenvalue weighted by atomic mass is 16.3. The average molecular weight is 447 g/mol. The molecule has 33 heavy (non-hydrogen) atoms. The Bertz CT molecular complexity index is 1400. The summed E-state index contributed by atoms with van der Waals surface area (Å²) in [6, 6.07) is 14.5. The fraction of sp³-hybridized carbons (Fsp3) is 0.250. The van der Waals surface area contributed by atoms with Gasteiger partial charge in [0.1, 0.15) is 0 Å². The van der Waals surface area contributed by atoms with Gasteiger partial charge in [0.2, 0.25) is 0 Å². The van der Waals surface area contributed by atoms with E-state index in [0.717, 1.165) is 16.7 Å². The van der Waals surface area contributed by atoms with Gasteiger partial charge < -0.3 is 15.0 Å². The van der Waals surface area contributed by atoms with E-state index in [9.17, 15) is 19.5 Å². The van der Waals surface area contributed by atoms with E-state index in [4.69, 9.17) is 0 Å². The maximum Gasteiger partial charge on any atom is 0.330 e. The number of carbonyl (C=O) groups is 1. The number of aryl methyl sites for hydroxylation is 2. The van der Waals surface area contributed by atoms with Gasteiger partial charge in [-0.1, -0.05) is 54.1 Å². The van der Waals surface area contributed by atoms with Crippen LogP contribution < -0.4 is 16.6 Å². The Kier molecular flexibility index (Phi) is 6.23. The van der Waals surface area contributed by atoms with Crippen LogP contribution in [0.3, 0.4) is 0 Å². The number of H-pyrrole nitrogens is 1. The minimum absolute atomic E-state index is 0.242. The standard InChI is InChI=1S/C24H25N5O4/c1-3-28-14-26-21-19(28)22(31)27-24(33)29(21)13-17-8-6-16(7-9-17)12-25-23(32)20(30)18-10-4-15(2)5-11-18/h4-11,14,20,30H,3,12-13H2,1-2H3,(H,25,32)(H,27,31,33)/t20-/m1/s1. The number of nitrogens with one attached hydrogen (secondary N) is 2. The van der Waals surface area contributed by atoms with E-state index in [-0.39, 0.29) is 13.1 Å². The Morgan fingerprint density at radius 1 is 1.09 bits per heavy atom. The maximum absolute atomic E-state index is 12.4. The Balaban J connectivity index is 1.44. The number of aromatic amines is 1. The molecule has 2 heterocycles. The molecule has 0 saturated carbocycles. The first kappa shape index (κ1) is 22.2. The first-order valence-corrected chi connectivity index (χ1v) is 10.7. The lowest BCUT2D eigenvalue weighted by atomic mass is 10.1. The number of hydrogen-bond donors (Lipinski definition) is 3. The van der Waals surface area contributed by atoms with Gasteiger partial charge in [-0.2, -0.15) is 0 Å². The Morgan fingerprint density at radius 2 is 1.76 bits per heavy atom. The normalized spacial score (nSPS) is 12.1. The summed E-state index contributed by atoms with van der Waals surface area (Å²) in [5.74, 6) is -0.475. The number of aliphatic hydroxyl groups is 1. The molecule has 9 heteroatoms. The highest BCUT2D eigenvalue weighted by Crippen LogP contribution is 2.14. The lowest BCUT2D eigenvalue weighted by Crippen LogP contribution is -2.31. The fourth-order valence-electron chi connectivity index (χ4n) is 3.64. The minimum atomic E-state index is -1.23. The number of carbonyl (C=O) groups excluding carboxylic acids is 1. The smallest absolute Gasteiger partial charge is 0.330 e. The van der Waals surface area contributed by atoms with Crippen molar-refractivity contribution in [2.45, 2.75) is 39.6 Å². The molecule has 3 N–H and O–H groups in total. The van der Waals surface area contributed by atoms with Crippen LogP contribution in [-0.2, 0) is 24.4 Å². The molecule has 1 amide bonds. The van der Waals surface area contributed by atoms with Gasteiger partial charge >= 0.3 is 5.69 Å². The second-order valence-corrected chi connectivity index (χ2v) is 7.90. The molecule has 0 aliphatic rings. The van der Waals surface area contributed by atoms with Gasteiger partial charge in [-0.05, 0) is 30.5 Å². The minimum Gasteiger partial charge on any atom is -0.378 e. The van der Waals surface area contributed by atoms with Crippen LogP contribution in [-0.4, -0.2) is 30.1 Å². The van der Waals surface area contributed by atoms with Gasteiger partial charge in [-0.25, -0.2) is 9.78 Å². The van der Waals surface area contributed by atoms with Crippen molar-refractivity contribution < 1.29 is 9.90 Å². The Hall–Kier alpha value is -3.98. The lowest BCUT2D eigenvalue weighted by Gasteiger charge is -2.12. The van der Waals surface area contributed by atoms with Crippen LogP contribution in [0.1, 0.15) is 35.3 Å². The summed E-state index contributed by atoms with van der Waals surface area (Å²) in [6.07, 6.45) is 0.314. The van der Waals surface area contributed by atoms with Crippen LogP contribution in [0.25, 0.3) is 11.2 Å². The molecule has 4 aromatic rings. The molecule has 0 aliphatic heterocycles. The lowest BCUT2D eigenvalue weighted by molar-refractivity contribution is -0.129. The summed E-state index contributed by atoms with van der Waals surface area (Å²) >= 11 is 0. The zero-order valence-corrected chi connectivity index (χ0v) is 18.4. The van der Waals surface area contributed by atoms with E-state index in [1.807, 2.05) is 50.2 Å². The molecule has 0 bridgehead atoms. The van der Waals surface area contributed by atoms with Crippen molar-refractivity contribution in [2.75, 3.05) is 0 Å². The summed E-state index contributed by atoms with van der Waals surface area (Å²) in [5, 5.41) is 13.0. The highest BCUT2D eigenvalue weighted by Gasteiger charge is 2.17. The van der Waals surface area contributed by atoms with Crippen LogP contribution in [0.2, 0.25) is 0 Å². The van der Waals surface area contributed by atoms with Crippen LogP contribution in [0.4, 0.5) is 0 Å². The van der Waals surface area contributed by atoms with Gasteiger partial charge in [0.05, 0.1) is 12.9 Å². The number of aromatic nitrogens is 4. The highest BCUT2D eigenvalue weighted by molar-refractivity contribution is 5.81. The molecule has 2 aromatic heterocycles. The topological polar surface area (TPSA) is 122 Å². The third-order valence-electron chi connectivity index (χ3n) is 5.57. The predicted octanol–water partition coefficient (Wildman–Crippen LogP) is 1.61. The number of fused-ring (bicyclic) bond motifs is 1. The molecular weight excluding hydrogens is 422 g/mol. The third kappa shape index (κ3) is 4.63. The van der Waals surface area contributed by atoms with Gasteiger partial charge in [0.15, 0.2) is 17.3 Å². The van der Waals surface area contributed by atoms with Crippen LogP contribution in [0.5, 0.6) is 0 Å². The zero-order valence-electron chi connectivity index (χ0n) is 18.4. The molecule has 0 aliphatic carbocycles. The first-order chi connectivity index (χ1) is 15.9. The van der Waals surface area contributed by atoms with Crippen molar-refractivity contribution in [3.63, 3.8) is 0 Å². The molecule has 4 rings (SSSR count). The fourth-order valence-corrected chi connectivity index (χ4v) is 3.64. The summed E-state index contributed by atoms with van der Waals surface area (Å²) in [6.45, 7) is 4.90. The van der Waals surface area contributed by atoms with Crippen molar-refractivity contribution in [3.05, 3.63) is 98.0 Å². The number of aliphatic hydroxyl groups excluding tert-OH is 1. The van der Waals surface area contributed by atoms with Crippen LogP contribution >= 0.6 is 0 Å². The second kappa shape index (κ2) is 9.25. The number of nitrogens with zero attached hydrogens (tertiary/aromatic N) is 3. The number of imidazole rings is 1. The van der Waals surface area contributed by atoms with Crippen molar-refractivity contribution in [3.8, 4) is 0 Å². The predicted molar refractivity (Wildman–Crippen MR) is 124 cm³/mol. The number of hydrogen-bond acceptors (Lipinski definition) is 5. The maximum atomic E-state index is 12.4. The monoisotopic (exact) mass is 447 g/mol. The van der Waals surface area contributed by atoms with Gasteiger partial charge in [0.25, 0.3) is 11.5 Å². The third-order valence-corrected chi connectivity index (χ3v) is 5.57. The molecule has 0 fully saturated rings. The number of rotatable bonds is 7. The van der Waals surface area contributed by atoms with Crippen LogP contribution in [0, 0.1) is 6.92 Å². The summed E-state index contributed by atoms with van der Waals surface area (Å²) in [5.41, 5.74) is 3.01. The Labute approximate surface area is 189 Å². The summed E-state index contributed by atoms with van der Waals surface area (Å²) < 4.78 is 3.12. The van der Waals surface area contributed by atoms with Crippen molar-refractivity contribution in [2.24, 2.45) is 0 Å². The zero-order chi connectivity index (χ0) is 23.5. The van der Waals surface area contributed by atoms with E-state index in [1.54, 1.807) is 23.0 Å². The van der Waals surface area contributed by atoms with Crippen molar-refractivity contribution in [1.29, 1.82) is 0 Å². The SMILES string of the molecule is CCn1cnc2c1c(=O)[nH]c(=O)n2Cc1ccc(CNC(=O)[C@H](O)c2ccc(C)cc2)cc1. The van der Waals surface area contributed by atoms with Gasteiger partial charge in [-0.3, -0.25) is 19.1 Å². The molecule has 9 nitrogen and oxygen atoms in total.